The summed E-state index contributed by atoms with van der Waals surface area (Å²) in [5.74, 6) is 0.910. The molecule has 1 amide bonds. The fourth-order valence-electron chi connectivity index (χ4n) is 3.83. The molecule has 0 unspecified atom stereocenters. The third-order valence-corrected chi connectivity index (χ3v) is 5.91. The van der Waals surface area contributed by atoms with Crippen LogP contribution in [0.2, 0.25) is 5.02 Å². The Bertz CT molecular complexity index is 1100. The van der Waals surface area contributed by atoms with Crippen LogP contribution in [-0.4, -0.2) is 34.1 Å². The van der Waals surface area contributed by atoms with Gasteiger partial charge in [0, 0.05) is 25.2 Å². The van der Waals surface area contributed by atoms with Crippen molar-refractivity contribution in [1.29, 1.82) is 0 Å². The van der Waals surface area contributed by atoms with E-state index in [0.29, 0.717) is 5.92 Å². The molecule has 0 bridgehead atoms. The predicted molar refractivity (Wildman–Crippen MR) is 123 cm³/mol. The van der Waals surface area contributed by atoms with E-state index in [-0.39, 0.29) is 22.1 Å². The molecule has 0 atom stereocenters. The molecule has 1 aromatic heterocycles. The van der Waals surface area contributed by atoms with E-state index < -0.39 is 10.8 Å². The smallest absolute Gasteiger partial charge is 0.276 e. The van der Waals surface area contributed by atoms with Gasteiger partial charge in [-0.05, 0) is 48.9 Å². The number of hydrogen-bond acceptors (Lipinski definition) is 6. The quantitative estimate of drug-likeness (QED) is 0.428. The monoisotopic (exact) mass is 451 g/mol. The minimum atomic E-state index is -0.549. The Morgan fingerprint density at radius 3 is 2.47 bits per heavy atom. The molecule has 0 aliphatic carbocycles. The molecule has 9 heteroatoms. The molecule has 0 spiro atoms. The largest absolute Gasteiger partial charge is 0.355 e. The summed E-state index contributed by atoms with van der Waals surface area (Å²) in [5.41, 5.74) is 1.63. The molecule has 0 radical (unpaired) electrons. The molecule has 0 saturated carbocycles. The number of hydrogen-bond donors (Lipinski definition) is 1. The van der Waals surface area contributed by atoms with Gasteiger partial charge in [0.2, 0.25) is 0 Å². The van der Waals surface area contributed by atoms with Crippen LogP contribution in [0.15, 0.2) is 60.7 Å². The van der Waals surface area contributed by atoms with Crippen LogP contribution in [-0.2, 0) is 6.42 Å². The van der Waals surface area contributed by atoms with E-state index in [0.717, 1.165) is 38.2 Å². The van der Waals surface area contributed by atoms with Crippen molar-refractivity contribution in [3.05, 3.63) is 87.1 Å². The number of rotatable bonds is 6. The first-order valence-corrected chi connectivity index (χ1v) is 10.8. The highest BCUT2D eigenvalue weighted by Gasteiger charge is 2.21. The van der Waals surface area contributed by atoms with Crippen molar-refractivity contribution in [2.45, 2.75) is 19.3 Å². The first kappa shape index (κ1) is 21.7. The average Bonchev–Trinajstić information content (AvgIpc) is 2.81. The topological polar surface area (TPSA) is 101 Å². The number of carbonyl (C=O) groups is 1. The van der Waals surface area contributed by atoms with Gasteiger partial charge in [0.1, 0.15) is 0 Å². The molecule has 1 fully saturated rings. The Hall–Kier alpha value is -3.52. The molecule has 1 N–H and O–H groups in total. The van der Waals surface area contributed by atoms with Crippen molar-refractivity contribution < 1.29 is 9.72 Å². The maximum Gasteiger partial charge on any atom is 0.276 e. The van der Waals surface area contributed by atoms with E-state index in [1.165, 1.54) is 23.8 Å². The summed E-state index contributed by atoms with van der Waals surface area (Å²) < 4.78 is 0. The van der Waals surface area contributed by atoms with Gasteiger partial charge in [-0.15, -0.1) is 10.2 Å². The zero-order valence-electron chi connectivity index (χ0n) is 17.3. The van der Waals surface area contributed by atoms with Crippen LogP contribution in [0.1, 0.15) is 28.9 Å². The SMILES string of the molecule is O=C(Nc1ccc([N+](=O)[O-])cc1Cl)c1ccc(N2CCC(Cc3ccccc3)CC2)nn1. The third kappa shape index (κ3) is 5.20. The van der Waals surface area contributed by atoms with E-state index in [1.807, 2.05) is 6.07 Å². The Morgan fingerprint density at radius 1 is 1.09 bits per heavy atom. The number of benzene rings is 2. The van der Waals surface area contributed by atoms with Crippen molar-refractivity contribution in [1.82, 2.24) is 10.2 Å². The summed E-state index contributed by atoms with van der Waals surface area (Å²) in [7, 11) is 0. The van der Waals surface area contributed by atoms with E-state index in [4.69, 9.17) is 11.6 Å². The summed E-state index contributed by atoms with van der Waals surface area (Å²) in [6.45, 7) is 1.80. The van der Waals surface area contributed by atoms with Crippen molar-refractivity contribution in [3.8, 4) is 0 Å². The zero-order valence-corrected chi connectivity index (χ0v) is 18.0. The highest BCUT2D eigenvalue weighted by Crippen LogP contribution is 2.27. The number of carbonyl (C=O) groups excluding carboxylic acids is 1. The van der Waals surface area contributed by atoms with E-state index in [1.54, 1.807) is 12.1 Å². The second-order valence-electron chi connectivity index (χ2n) is 7.77. The van der Waals surface area contributed by atoms with Gasteiger partial charge < -0.3 is 10.2 Å². The Morgan fingerprint density at radius 2 is 1.84 bits per heavy atom. The van der Waals surface area contributed by atoms with Gasteiger partial charge >= 0.3 is 0 Å². The highest BCUT2D eigenvalue weighted by atomic mass is 35.5. The van der Waals surface area contributed by atoms with Gasteiger partial charge in [-0.3, -0.25) is 14.9 Å². The molecule has 2 heterocycles. The van der Waals surface area contributed by atoms with Gasteiger partial charge in [0.05, 0.1) is 15.6 Å². The summed E-state index contributed by atoms with van der Waals surface area (Å²) in [6.07, 6.45) is 3.25. The fourth-order valence-corrected chi connectivity index (χ4v) is 4.06. The zero-order chi connectivity index (χ0) is 22.5. The Balaban J connectivity index is 1.33. The van der Waals surface area contributed by atoms with Crippen LogP contribution in [0.4, 0.5) is 17.2 Å². The third-order valence-electron chi connectivity index (χ3n) is 5.60. The lowest BCUT2D eigenvalue weighted by Gasteiger charge is -2.32. The highest BCUT2D eigenvalue weighted by molar-refractivity contribution is 6.34. The minimum absolute atomic E-state index is 0.0792. The average molecular weight is 452 g/mol. The number of amides is 1. The molecule has 1 saturated heterocycles. The second kappa shape index (κ2) is 9.74. The second-order valence-corrected chi connectivity index (χ2v) is 8.18. The molecule has 1 aliphatic heterocycles. The molecular weight excluding hydrogens is 430 g/mol. The molecule has 32 heavy (non-hydrogen) atoms. The van der Waals surface area contributed by atoms with Crippen molar-refractivity contribution in [2.24, 2.45) is 5.92 Å². The standard InChI is InChI=1S/C23H22ClN5O3/c24-19-15-18(29(31)32)6-7-20(19)25-23(30)21-8-9-22(27-26-21)28-12-10-17(11-13-28)14-16-4-2-1-3-5-16/h1-9,15,17H,10-14H2,(H,25,30). The molecule has 4 rings (SSSR count). The fraction of sp³-hybridized carbons (Fsp3) is 0.261. The number of piperidine rings is 1. The number of nitrogens with one attached hydrogen (secondary N) is 1. The first-order chi connectivity index (χ1) is 15.5. The lowest BCUT2D eigenvalue weighted by Crippen LogP contribution is -2.35. The molecule has 3 aromatic rings. The van der Waals surface area contributed by atoms with E-state index in [2.05, 4.69) is 44.7 Å². The lowest BCUT2D eigenvalue weighted by atomic mass is 9.90. The Labute approximate surface area is 190 Å². The number of anilines is 2. The first-order valence-electron chi connectivity index (χ1n) is 10.4. The van der Waals surface area contributed by atoms with Crippen LogP contribution in [0.5, 0.6) is 0 Å². The Kier molecular flexibility index (Phi) is 6.61. The molecule has 2 aromatic carbocycles. The normalized spacial score (nSPS) is 14.2. The van der Waals surface area contributed by atoms with Crippen molar-refractivity contribution >= 4 is 34.7 Å². The number of nitro groups is 1. The molecule has 8 nitrogen and oxygen atoms in total. The number of halogens is 1. The van der Waals surface area contributed by atoms with Crippen LogP contribution < -0.4 is 10.2 Å². The summed E-state index contributed by atoms with van der Waals surface area (Å²) in [4.78, 5) is 24.9. The maximum atomic E-state index is 12.5. The van der Waals surface area contributed by atoms with E-state index >= 15 is 0 Å². The van der Waals surface area contributed by atoms with Crippen molar-refractivity contribution in [3.63, 3.8) is 0 Å². The number of nitrogens with zero attached hydrogens (tertiary/aromatic N) is 4. The van der Waals surface area contributed by atoms with Gasteiger partial charge in [0.25, 0.3) is 11.6 Å². The summed E-state index contributed by atoms with van der Waals surface area (Å²) >= 11 is 6.03. The maximum absolute atomic E-state index is 12.5. The summed E-state index contributed by atoms with van der Waals surface area (Å²) in [5, 5.41) is 21.8. The van der Waals surface area contributed by atoms with Gasteiger partial charge in [0.15, 0.2) is 11.5 Å². The van der Waals surface area contributed by atoms with Crippen molar-refractivity contribution in [2.75, 3.05) is 23.3 Å². The van der Waals surface area contributed by atoms with Crippen LogP contribution >= 0.6 is 11.6 Å². The number of aromatic nitrogens is 2. The molecule has 164 valence electrons. The molecular formula is C23H22ClN5O3. The van der Waals surface area contributed by atoms with Gasteiger partial charge in [-0.25, -0.2) is 0 Å². The predicted octanol–water partition coefficient (Wildman–Crippen LogP) is 4.75. The van der Waals surface area contributed by atoms with Crippen LogP contribution in [0.3, 0.4) is 0 Å². The lowest BCUT2D eigenvalue weighted by molar-refractivity contribution is -0.384. The van der Waals surface area contributed by atoms with E-state index in [9.17, 15) is 14.9 Å². The van der Waals surface area contributed by atoms with Crippen LogP contribution in [0.25, 0.3) is 0 Å². The molecule has 1 aliphatic rings. The summed E-state index contributed by atoms with van der Waals surface area (Å²) in [6, 6.07) is 17.8. The number of non-ortho nitro benzene ring substituents is 1. The number of nitro benzene ring substituents is 1. The van der Waals surface area contributed by atoms with Crippen LogP contribution in [0, 0.1) is 16.0 Å². The van der Waals surface area contributed by atoms with Gasteiger partial charge in [-0.2, -0.15) is 0 Å². The minimum Gasteiger partial charge on any atom is -0.355 e. The van der Waals surface area contributed by atoms with Gasteiger partial charge in [-0.1, -0.05) is 41.9 Å².